The molecule has 1 aliphatic heterocycles. The molecule has 0 aromatic heterocycles. The Bertz CT molecular complexity index is 668. The highest BCUT2D eigenvalue weighted by molar-refractivity contribution is 5.42. The van der Waals surface area contributed by atoms with Crippen LogP contribution in [0.3, 0.4) is 0 Å². The van der Waals surface area contributed by atoms with Gasteiger partial charge in [0, 0.05) is 25.7 Å². The van der Waals surface area contributed by atoms with E-state index in [1.165, 1.54) is 11.6 Å². The van der Waals surface area contributed by atoms with Crippen LogP contribution in [-0.2, 0) is 19.1 Å². The molecule has 1 heterocycles. The first-order valence-electron chi connectivity index (χ1n) is 7.67. The lowest BCUT2D eigenvalue weighted by Gasteiger charge is -2.23. The Kier molecular flexibility index (Phi) is 4.41. The average Bonchev–Trinajstić information content (AvgIpc) is 2.90. The van der Waals surface area contributed by atoms with Gasteiger partial charge in [0.2, 0.25) is 0 Å². The van der Waals surface area contributed by atoms with Crippen LogP contribution < -0.4 is 5.73 Å². The number of hydrogen-bond acceptors (Lipinski definition) is 2. The summed E-state index contributed by atoms with van der Waals surface area (Å²) in [6, 6.07) is 14.2. The monoisotopic (exact) mass is 320 g/mol. The molecule has 2 aromatic carbocycles. The third-order valence-corrected chi connectivity index (χ3v) is 4.43. The number of alkyl halides is 3. The van der Waals surface area contributed by atoms with Gasteiger partial charge in [0.25, 0.3) is 0 Å². The minimum Gasteiger partial charge on any atom is -0.329 e. The van der Waals surface area contributed by atoms with Crippen molar-refractivity contribution in [3.63, 3.8) is 0 Å². The van der Waals surface area contributed by atoms with Crippen LogP contribution in [0.1, 0.15) is 28.3 Å². The van der Waals surface area contributed by atoms with Crippen molar-refractivity contribution < 1.29 is 13.2 Å². The second-order valence-electron chi connectivity index (χ2n) is 5.83. The van der Waals surface area contributed by atoms with Crippen molar-refractivity contribution >= 4 is 0 Å². The van der Waals surface area contributed by atoms with Crippen LogP contribution in [0.4, 0.5) is 13.2 Å². The summed E-state index contributed by atoms with van der Waals surface area (Å²) in [5.41, 5.74) is 7.58. The van der Waals surface area contributed by atoms with Crippen molar-refractivity contribution in [1.82, 2.24) is 4.90 Å². The molecule has 2 nitrogen and oxygen atoms in total. The normalized spacial score (nSPS) is 18.2. The number of nitrogens with zero attached hydrogens (tertiary/aromatic N) is 1. The number of nitrogens with two attached hydrogens (primary N) is 1. The number of fused-ring (bicyclic) bond motifs is 1. The molecule has 3 rings (SSSR count). The lowest BCUT2D eigenvalue weighted by Crippen LogP contribution is -2.29. The van der Waals surface area contributed by atoms with Crippen LogP contribution in [0.25, 0.3) is 0 Å². The SMILES string of the molecule is NCC1c2cccc(C(F)(F)F)c2CN1CCc1ccccc1. The maximum absolute atomic E-state index is 13.2. The van der Waals surface area contributed by atoms with Crippen LogP contribution >= 0.6 is 0 Å². The topological polar surface area (TPSA) is 29.3 Å². The van der Waals surface area contributed by atoms with Gasteiger partial charge in [-0.15, -0.1) is 0 Å². The Morgan fingerprint density at radius 1 is 1.04 bits per heavy atom. The number of rotatable bonds is 4. The van der Waals surface area contributed by atoms with Crippen LogP contribution in [0.5, 0.6) is 0 Å². The predicted octanol–water partition coefficient (Wildman–Crippen LogP) is 3.76. The number of benzene rings is 2. The molecule has 0 saturated carbocycles. The minimum atomic E-state index is -4.32. The van der Waals surface area contributed by atoms with Gasteiger partial charge in [-0.05, 0) is 29.2 Å². The van der Waals surface area contributed by atoms with E-state index in [0.717, 1.165) is 18.1 Å². The first-order chi connectivity index (χ1) is 11.0. The fourth-order valence-electron chi connectivity index (χ4n) is 3.30. The van der Waals surface area contributed by atoms with Crippen molar-refractivity contribution in [3.8, 4) is 0 Å². The largest absolute Gasteiger partial charge is 0.416 e. The minimum absolute atomic E-state index is 0.143. The fourth-order valence-corrected chi connectivity index (χ4v) is 3.30. The van der Waals surface area contributed by atoms with Crippen molar-refractivity contribution in [2.75, 3.05) is 13.1 Å². The molecule has 0 radical (unpaired) electrons. The van der Waals surface area contributed by atoms with Crippen LogP contribution in [0, 0.1) is 0 Å². The zero-order valence-electron chi connectivity index (χ0n) is 12.7. The van der Waals surface area contributed by atoms with E-state index >= 15 is 0 Å². The summed E-state index contributed by atoms with van der Waals surface area (Å²) < 4.78 is 39.6. The molecule has 0 fully saturated rings. The number of hydrogen-bond donors (Lipinski definition) is 1. The second-order valence-corrected chi connectivity index (χ2v) is 5.83. The summed E-state index contributed by atoms with van der Waals surface area (Å²) in [5, 5.41) is 0. The summed E-state index contributed by atoms with van der Waals surface area (Å²) in [6.45, 7) is 1.32. The molecule has 0 amide bonds. The lowest BCUT2D eigenvalue weighted by atomic mass is 9.99. The van der Waals surface area contributed by atoms with Gasteiger partial charge in [-0.1, -0.05) is 42.5 Å². The van der Waals surface area contributed by atoms with Crippen molar-refractivity contribution in [2.24, 2.45) is 5.73 Å². The quantitative estimate of drug-likeness (QED) is 0.929. The zero-order valence-corrected chi connectivity index (χ0v) is 12.7. The Balaban J connectivity index is 1.82. The van der Waals surface area contributed by atoms with Gasteiger partial charge in [-0.25, -0.2) is 0 Å². The smallest absolute Gasteiger partial charge is 0.329 e. The molecule has 5 heteroatoms. The molecule has 1 atom stereocenters. The third kappa shape index (κ3) is 3.26. The molecular formula is C18H19F3N2. The molecule has 1 unspecified atom stereocenters. The molecule has 23 heavy (non-hydrogen) atoms. The van der Waals surface area contributed by atoms with Crippen molar-refractivity contribution in [3.05, 3.63) is 70.8 Å². The molecular weight excluding hydrogens is 301 g/mol. The van der Waals surface area contributed by atoms with Crippen LogP contribution in [0.15, 0.2) is 48.5 Å². The maximum atomic E-state index is 13.2. The second kappa shape index (κ2) is 6.34. The zero-order chi connectivity index (χ0) is 16.4. The van der Waals surface area contributed by atoms with Gasteiger partial charge < -0.3 is 5.73 Å². The van der Waals surface area contributed by atoms with E-state index in [1.807, 2.05) is 35.2 Å². The summed E-state index contributed by atoms with van der Waals surface area (Å²) >= 11 is 0. The highest BCUT2D eigenvalue weighted by Gasteiger charge is 2.39. The Morgan fingerprint density at radius 3 is 2.43 bits per heavy atom. The van der Waals surface area contributed by atoms with E-state index in [4.69, 9.17) is 5.73 Å². The van der Waals surface area contributed by atoms with Gasteiger partial charge in [0.15, 0.2) is 0 Å². The molecule has 122 valence electrons. The standard InChI is InChI=1S/C18H19F3N2/c19-18(20,21)16-8-4-7-14-15(16)12-23(17(14)11-22)10-9-13-5-2-1-3-6-13/h1-8,17H,9-12,22H2. The predicted molar refractivity (Wildman–Crippen MR) is 83.8 cm³/mol. The molecule has 2 N–H and O–H groups in total. The summed E-state index contributed by atoms with van der Waals surface area (Å²) in [7, 11) is 0. The van der Waals surface area contributed by atoms with Gasteiger partial charge in [0.1, 0.15) is 0 Å². The summed E-state index contributed by atoms with van der Waals surface area (Å²) in [5.74, 6) is 0. The Labute approximate surface area is 133 Å². The van der Waals surface area contributed by atoms with Crippen LogP contribution in [0.2, 0.25) is 0 Å². The summed E-state index contributed by atoms with van der Waals surface area (Å²) in [4.78, 5) is 2.05. The molecule has 0 aliphatic carbocycles. The van der Waals surface area contributed by atoms with Gasteiger partial charge in [-0.3, -0.25) is 4.90 Å². The van der Waals surface area contributed by atoms with E-state index < -0.39 is 11.7 Å². The van der Waals surface area contributed by atoms with Crippen LogP contribution in [-0.4, -0.2) is 18.0 Å². The van der Waals surface area contributed by atoms with Crippen molar-refractivity contribution in [1.29, 1.82) is 0 Å². The molecule has 2 aromatic rings. The first kappa shape index (κ1) is 16.0. The van der Waals surface area contributed by atoms with E-state index in [2.05, 4.69) is 0 Å². The lowest BCUT2D eigenvalue weighted by molar-refractivity contribution is -0.138. The summed E-state index contributed by atoms with van der Waals surface area (Å²) in [6.07, 6.45) is -3.52. The molecule has 0 saturated heterocycles. The maximum Gasteiger partial charge on any atom is 0.416 e. The van der Waals surface area contributed by atoms with E-state index in [1.54, 1.807) is 6.07 Å². The third-order valence-electron chi connectivity index (χ3n) is 4.43. The highest BCUT2D eigenvalue weighted by Crippen LogP contribution is 2.41. The Morgan fingerprint density at radius 2 is 1.78 bits per heavy atom. The fraction of sp³-hybridized carbons (Fsp3) is 0.333. The van der Waals surface area contributed by atoms with E-state index in [-0.39, 0.29) is 6.04 Å². The Hall–Kier alpha value is -1.85. The van der Waals surface area contributed by atoms with Crippen molar-refractivity contribution in [2.45, 2.75) is 25.2 Å². The average molecular weight is 320 g/mol. The van der Waals surface area contributed by atoms with Gasteiger partial charge in [0.05, 0.1) is 5.56 Å². The van der Waals surface area contributed by atoms with E-state index in [0.29, 0.717) is 25.2 Å². The van der Waals surface area contributed by atoms with Gasteiger partial charge >= 0.3 is 6.18 Å². The number of halogens is 3. The molecule has 0 spiro atoms. The van der Waals surface area contributed by atoms with Gasteiger partial charge in [-0.2, -0.15) is 13.2 Å². The molecule has 1 aliphatic rings. The molecule has 0 bridgehead atoms. The first-order valence-corrected chi connectivity index (χ1v) is 7.67. The highest BCUT2D eigenvalue weighted by atomic mass is 19.4. The van der Waals surface area contributed by atoms with E-state index in [9.17, 15) is 13.2 Å².